The van der Waals surface area contributed by atoms with Crippen molar-refractivity contribution >= 4 is 40.2 Å². The van der Waals surface area contributed by atoms with Crippen LogP contribution in [0, 0.1) is 11.8 Å². The molecule has 5 nitrogen and oxygen atoms in total. The number of fused-ring (bicyclic) bond motifs is 1. The molecule has 1 saturated heterocycles. The number of hydrogen-bond donors (Lipinski definition) is 1. The van der Waals surface area contributed by atoms with Crippen LogP contribution in [-0.2, 0) is 11.2 Å². The van der Waals surface area contributed by atoms with Crippen LogP contribution in [0.25, 0.3) is 10.9 Å². The molecule has 2 atom stereocenters. The van der Waals surface area contributed by atoms with Crippen molar-refractivity contribution in [2.24, 2.45) is 11.8 Å². The largest absolute Gasteiger partial charge is 0.497 e. The topological polar surface area (TPSA) is 62.7 Å². The maximum Gasteiger partial charge on any atom is 0.303 e. The molecule has 2 aromatic carbocycles. The summed E-state index contributed by atoms with van der Waals surface area (Å²) in [6.07, 6.45) is 7.34. The van der Waals surface area contributed by atoms with Crippen LogP contribution in [-0.4, -0.2) is 53.5 Å². The van der Waals surface area contributed by atoms with Gasteiger partial charge in [0.1, 0.15) is 5.75 Å². The number of piperidine rings is 1. The van der Waals surface area contributed by atoms with Crippen LogP contribution in [0.1, 0.15) is 37.7 Å². The molecule has 0 aliphatic carbocycles. The summed E-state index contributed by atoms with van der Waals surface area (Å²) in [5, 5.41) is 11.5. The molecule has 1 aliphatic rings. The first-order valence-electron chi connectivity index (χ1n) is 12.8. The van der Waals surface area contributed by atoms with Crippen LogP contribution >= 0.6 is 23.4 Å². The number of thioether (sulfide) groups is 1. The fourth-order valence-corrected chi connectivity index (χ4v) is 6.48. The van der Waals surface area contributed by atoms with Gasteiger partial charge in [0.2, 0.25) is 0 Å². The van der Waals surface area contributed by atoms with E-state index in [-0.39, 0.29) is 12.3 Å². The lowest BCUT2D eigenvalue weighted by Gasteiger charge is -2.38. The number of methoxy groups -OCH3 is 1. The predicted molar refractivity (Wildman–Crippen MR) is 148 cm³/mol. The van der Waals surface area contributed by atoms with E-state index in [1.807, 2.05) is 36.5 Å². The van der Waals surface area contributed by atoms with Gasteiger partial charge in [-0.15, -0.1) is 11.8 Å². The van der Waals surface area contributed by atoms with Gasteiger partial charge in [0.05, 0.1) is 17.6 Å². The highest BCUT2D eigenvalue weighted by Crippen LogP contribution is 2.32. The Morgan fingerprint density at radius 1 is 1.19 bits per heavy atom. The van der Waals surface area contributed by atoms with Gasteiger partial charge in [-0.25, -0.2) is 0 Å². The van der Waals surface area contributed by atoms with E-state index in [2.05, 4.69) is 28.1 Å². The monoisotopic (exact) mass is 526 g/mol. The molecule has 0 bridgehead atoms. The smallest absolute Gasteiger partial charge is 0.303 e. The van der Waals surface area contributed by atoms with Crippen LogP contribution < -0.4 is 4.74 Å². The van der Waals surface area contributed by atoms with Crippen LogP contribution in [0.15, 0.2) is 59.6 Å². The minimum absolute atomic E-state index is 0.210. The Kier molecular flexibility index (Phi) is 9.90. The van der Waals surface area contributed by atoms with Crippen LogP contribution in [0.3, 0.4) is 0 Å². The Morgan fingerprint density at radius 2 is 2.06 bits per heavy atom. The lowest BCUT2D eigenvalue weighted by molar-refractivity contribution is -0.139. The molecular weight excluding hydrogens is 492 g/mol. The number of carboxylic acids is 1. The summed E-state index contributed by atoms with van der Waals surface area (Å²) >= 11 is 8.06. The van der Waals surface area contributed by atoms with Gasteiger partial charge < -0.3 is 14.7 Å². The molecule has 1 N–H and O–H groups in total. The van der Waals surface area contributed by atoms with Crippen molar-refractivity contribution in [2.75, 3.05) is 32.5 Å². The first-order chi connectivity index (χ1) is 17.5. The molecule has 0 saturated carbocycles. The molecule has 0 radical (unpaired) electrons. The molecule has 7 heteroatoms. The van der Waals surface area contributed by atoms with Gasteiger partial charge in [-0.05, 0) is 105 Å². The molecule has 4 rings (SSSR count). The number of aryl methyl sites for hydroxylation is 1. The normalized spacial score (nSPS) is 18.4. The fourth-order valence-electron chi connectivity index (χ4n) is 5.31. The molecule has 192 valence electrons. The number of carboxylic acid groups (broad SMARTS) is 1. The van der Waals surface area contributed by atoms with Crippen LogP contribution in [0.5, 0.6) is 5.75 Å². The van der Waals surface area contributed by atoms with Crippen molar-refractivity contribution in [3.05, 3.63) is 65.3 Å². The van der Waals surface area contributed by atoms with Crippen LogP contribution in [0.4, 0.5) is 0 Å². The number of hydrogen-bond acceptors (Lipinski definition) is 5. The number of aliphatic carboxylic acids is 1. The van der Waals surface area contributed by atoms with Gasteiger partial charge in [0, 0.05) is 29.4 Å². The Morgan fingerprint density at radius 3 is 2.86 bits per heavy atom. The Balaban J connectivity index is 1.27. The number of benzene rings is 2. The number of ether oxygens (including phenoxy) is 1. The van der Waals surface area contributed by atoms with E-state index in [1.165, 1.54) is 5.56 Å². The van der Waals surface area contributed by atoms with Gasteiger partial charge in [-0.3, -0.25) is 9.78 Å². The maximum atomic E-state index is 11.6. The summed E-state index contributed by atoms with van der Waals surface area (Å²) in [7, 11) is 1.68. The molecule has 36 heavy (non-hydrogen) atoms. The van der Waals surface area contributed by atoms with Crippen molar-refractivity contribution in [1.82, 2.24) is 9.88 Å². The third-order valence-electron chi connectivity index (χ3n) is 7.19. The first-order valence-corrected chi connectivity index (χ1v) is 14.1. The van der Waals surface area contributed by atoms with Crippen LogP contribution in [0.2, 0.25) is 5.02 Å². The number of rotatable bonds is 12. The molecule has 3 aromatic rings. The molecular formula is C29H35ClN2O3S. The second kappa shape index (κ2) is 13.3. The van der Waals surface area contributed by atoms with E-state index in [0.29, 0.717) is 5.92 Å². The second-order valence-corrected chi connectivity index (χ2v) is 11.1. The second-order valence-electron chi connectivity index (χ2n) is 9.59. The van der Waals surface area contributed by atoms with Gasteiger partial charge in [-0.1, -0.05) is 23.7 Å². The molecule has 1 aliphatic heterocycles. The van der Waals surface area contributed by atoms with E-state index < -0.39 is 5.97 Å². The van der Waals surface area contributed by atoms with Gasteiger partial charge in [0.15, 0.2) is 0 Å². The van der Waals surface area contributed by atoms with Gasteiger partial charge in [0.25, 0.3) is 0 Å². The Labute approximate surface area is 223 Å². The zero-order valence-corrected chi connectivity index (χ0v) is 22.4. The fraction of sp³-hybridized carbons (Fsp3) is 0.448. The van der Waals surface area contributed by atoms with Crippen molar-refractivity contribution in [3.63, 3.8) is 0 Å². The van der Waals surface area contributed by atoms with Gasteiger partial charge in [-0.2, -0.15) is 0 Å². The summed E-state index contributed by atoms with van der Waals surface area (Å²) in [4.78, 5) is 19.7. The number of halogens is 1. The number of nitrogens with zero attached hydrogens (tertiary/aromatic N) is 2. The van der Waals surface area contributed by atoms with Crippen molar-refractivity contribution in [3.8, 4) is 5.75 Å². The molecule has 0 unspecified atom stereocenters. The first kappa shape index (κ1) is 26.8. The van der Waals surface area contributed by atoms with E-state index >= 15 is 0 Å². The minimum Gasteiger partial charge on any atom is -0.497 e. The molecule has 0 amide bonds. The highest BCUT2D eigenvalue weighted by Gasteiger charge is 2.30. The average molecular weight is 527 g/mol. The third-order valence-corrected chi connectivity index (χ3v) is 8.79. The quantitative estimate of drug-likeness (QED) is 0.206. The highest BCUT2D eigenvalue weighted by molar-refractivity contribution is 7.99. The SMILES string of the molecule is COc1ccc2nccc(CCC[C@@H]3CCN(CCCSc4ccccc4Cl)C[C@@H]3CC(=O)O)c2c1. The average Bonchev–Trinajstić information content (AvgIpc) is 2.88. The standard InChI is InChI=1S/C29H35ClN2O3S/c1-35-24-10-11-27-25(19-24)22(12-14-31-27)7-4-6-21-13-16-32(20-23(21)18-29(33)34)15-5-17-36-28-9-3-2-8-26(28)30/h2-3,8-12,14,19,21,23H,4-7,13,15-18,20H2,1H3,(H,33,34)/t21-,23+/m1/s1. The lowest BCUT2D eigenvalue weighted by Crippen LogP contribution is -2.41. The van der Waals surface area contributed by atoms with E-state index in [1.54, 1.807) is 18.9 Å². The highest BCUT2D eigenvalue weighted by atomic mass is 35.5. The number of pyridine rings is 1. The summed E-state index contributed by atoms with van der Waals surface area (Å²) in [5.74, 6) is 1.83. The summed E-state index contributed by atoms with van der Waals surface area (Å²) in [6, 6.07) is 16.1. The third kappa shape index (κ3) is 7.37. The predicted octanol–water partition coefficient (Wildman–Crippen LogP) is 6.81. The molecule has 1 aromatic heterocycles. The van der Waals surface area contributed by atoms with E-state index in [9.17, 15) is 9.90 Å². The summed E-state index contributed by atoms with van der Waals surface area (Å²) in [5.41, 5.74) is 2.26. The molecule has 1 fully saturated rings. The minimum atomic E-state index is -0.687. The zero-order chi connectivity index (χ0) is 25.3. The molecule has 0 spiro atoms. The molecule has 2 heterocycles. The number of carbonyl (C=O) groups is 1. The zero-order valence-electron chi connectivity index (χ0n) is 20.9. The Hall–Kier alpha value is -2.28. The maximum absolute atomic E-state index is 11.6. The Bertz CT molecular complexity index is 1160. The number of likely N-dealkylation sites (tertiary alicyclic amines) is 1. The summed E-state index contributed by atoms with van der Waals surface area (Å²) in [6.45, 7) is 2.93. The lowest BCUT2D eigenvalue weighted by atomic mass is 9.80. The number of aromatic nitrogens is 1. The summed E-state index contributed by atoms with van der Waals surface area (Å²) < 4.78 is 5.41. The van der Waals surface area contributed by atoms with Crippen molar-refractivity contribution < 1.29 is 14.6 Å². The van der Waals surface area contributed by atoms with Crippen molar-refractivity contribution in [1.29, 1.82) is 0 Å². The van der Waals surface area contributed by atoms with E-state index in [0.717, 1.165) is 84.1 Å². The van der Waals surface area contributed by atoms with Crippen molar-refractivity contribution in [2.45, 2.75) is 43.4 Å². The van der Waals surface area contributed by atoms with Gasteiger partial charge >= 0.3 is 5.97 Å². The van der Waals surface area contributed by atoms with E-state index in [4.69, 9.17) is 16.3 Å².